The number of nitrogens with zero attached hydrogens (tertiary/aromatic N) is 2. The van der Waals surface area contributed by atoms with E-state index in [0.29, 0.717) is 0 Å². The molecule has 0 aliphatic heterocycles. The van der Waals surface area contributed by atoms with E-state index < -0.39 is 5.97 Å². The summed E-state index contributed by atoms with van der Waals surface area (Å²) >= 11 is 0. The molecule has 0 atom stereocenters. The molecule has 1 rings (SSSR count). The molecule has 0 saturated carbocycles. The average Bonchev–Trinajstić information content (AvgIpc) is 2.04. The fraction of sp³-hybridized carbons (Fsp3) is 0.333. The number of aromatic nitrogens is 1. The third-order valence-corrected chi connectivity index (χ3v) is 1.86. The van der Waals surface area contributed by atoms with Gasteiger partial charge in [-0.3, -0.25) is 0 Å². The lowest BCUT2D eigenvalue weighted by molar-refractivity contribution is -0.675. The fourth-order valence-corrected chi connectivity index (χ4v) is 1.04. The first kappa shape index (κ1) is 9.51. The lowest BCUT2D eigenvalue weighted by atomic mass is 10.3. The van der Waals surface area contributed by atoms with E-state index in [1.807, 2.05) is 25.1 Å². The molecule has 0 radical (unpaired) electrons. The van der Waals surface area contributed by atoms with Crippen molar-refractivity contribution in [3.8, 4) is 0 Å². The van der Waals surface area contributed by atoms with Crippen LogP contribution < -0.4 is 14.6 Å². The third kappa shape index (κ3) is 1.96. The Morgan fingerprint density at radius 3 is 2.62 bits per heavy atom. The van der Waals surface area contributed by atoms with Crippen molar-refractivity contribution in [2.45, 2.75) is 0 Å². The molecular formula is C9H12N2O2. The highest BCUT2D eigenvalue weighted by atomic mass is 16.4. The molecule has 4 nitrogen and oxygen atoms in total. The second-order valence-corrected chi connectivity index (χ2v) is 3.06. The minimum atomic E-state index is -1.16. The van der Waals surface area contributed by atoms with Gasteiger partial charge in [0.2, 0.25) is 5.69 Å². The zero-order valence-corrected chi connectivity index (χ0v) is 7.94. The van der Waals surface area contributed by atoms with Crippen molar-refractivity contribution in [2.24, 2.45) is 7.05 Å². The summed E-state index contributed by atoms with van der Waals surface area (Å²) in [5, 5.41) is 10.6. The smallest absolute Gasteiger partial charge is 0.230 e. The second-order valence-electron chi connectivity index (χ2n) is 3.06. The van der Waals surface area contributed by atoms with Gasteiger partial charge >= 0.3 is 0 Å². The Balaban J connectivity index is 3.19. The quantitative estimate of drug-likeness (QED) is 0.545. The molecule has 1 heterocycles. The van der Waals surface area contributed by atoms with Crippen molar-refractivity contribution >= 4 is 11.7 Å². The number of carbonyl (C=O) groups excluding carboxylic acids is 1. The van der Waals surface area contributed by atoms with Gasteiger partial charge in [-0.1, -0.05) is 0 Å². The van der Waals surface area contributed by atoms with E-state index in [1.54, 1.807) is 19.3 Å². The van der Waals surface area contributed by atoms with Gasteiger partial charge in [0.15, 0.2) is 6.20 Å². The standard InChI is InChI=1S/C9H12N2O2/c1-10(2)7-4-5-11(3)8(6-7)9(12)13/h4-6H,1-3H3. The molecule has 1 aromatic heterocycles. The highest BCUT2D eigenvalue weighted by Gasteiger charge is 2.09. The lowest BCUT2D eigenvalue weighted by Crippen LogP contribution is -2.41. The predicted molar refractivity (Wildman–Crippen MR) is 46.3 cm³/mol. The molecule has 0 saturated heterocycles. The maximum Gasteiger partial charge on any atom is 0.230 e. The molecule has 0 aliphatic rings. The molecule has 0 bridgehead atoms. The van der Waals surface area contributed by atoms with E-state index in [-0.39, 0.29) is 5.69 Å². The number of carboxylic acids is 1. The van der Waals surface area contributed by atoms with E-state index >= 15 is 0 Å². The van der Waals surface area contributed by atoms with Crippen LogP contribution in [-0.4, -0.2) is 20.1 Å². The summed E-state index contributed by atoms with van der Waals surface area (Å²) in [7, 11) is 5.38. The van der Waals surface area contributed by atoms with Gasteiger partial charge in [-0.2, -0.15) is 4.57 Å². The minimum Gasteiger partial charge on any atom is -0.539 e. The van der Waals surface area contributed by atoms with Crippen LogP contribution in [0.3, 0.4) is 0 Å². The van der Waals surface area contributed by atoms with E-state index in [0.717, 1.165) is 5.69 Å². The van der Waals surface area contributed by atoms with Crippen LogP contribution in [0.25, 0.3) is 0 Å². The SMILES string of the molecule is CN(C)c1cc[n+](C)c(C(=O)[O-])c1. The number of aryl methyl sites for hydroxylation is 1. The van der Waals surface area contributed by atoms with Crippen LogP contribution in [0.4, 0.5) is 5.69 Å². The topological polar surface area (TPSA) is 47.2 Å². The molecular weight excluding hydrogens is 168 g/mol. The zero-order chi connectivity index (χ0) is 10.0. The molecule has 1 aromatic rings. The Kier molecular flexibility index (Phi) is 2.51. The lowest BCUT2D eigenvalue weighted by Gasteiger charge is -2.12. The first-order chi connectivity index (χ1) is 6.02. The normalized spacial score (nSPS) is 9.77. The van der Waals surface area contributed by atoms with Crippen LogP contribution in [0.5, 0.6) is 0 Å². The molecule has 4 heteroatoms. The Morgan fingerprint density at radius 1 is 1.54 bits per heavy atom. The number of hydrogen-bond acceptors (Lipinski definition) is 3. The molecule has 0 N–H and O–H groups in total. The molecule has 0 amide bonds. The highest BCUT2D eigenvalue weighted by Crippen LogP contribution is 2.08. The summed E-state index contributed by atoms with van der Waals surface area (Å²) < 4.78 is 1.52. The Labute approximate surface area is 77.0 Å². The fourth-order valence-electron chi connectivity index (χ4n) is 1.04. The Bertz CT molecular complexity index is 334. The van der Waals surface area contributed by atoms with E-state index in [2.05, 4.69) is 0 Å². The van der Waals surface area contributed by atoms with Crippen LogP contribution in [0.2, 0.25) is 0 Å². The summed E-state index contributed by atoms with van der Waals surface area (Å²) in [5.41, 5.74) is 1.02. The number of rotatable bonds is 2. The maximum atomic E-state index is 10.6. The van der Waals surface area contributed by atoms with Gasteiger partial charge in [0, 0.05) is 31.9 Å². The van der Waals surface area contributed by atoms with Gasteiger partial charge in [0.1, 0.15) is 13.0 Å². The van der Waals surface area contributed by atoms with Crippen LogP contribution in [0.1, 0.15) is 10.5 Å². The number of hydrogen-bond donors (Lipinski definition) is 0. The van der Waals surface area contributed by atoms with Crippen molar-refractivity contribution in [1.82, 2.24) is 0 Å². The molecule has 0 aromatic carbocycles. The van der Waals surface area contributed by atoms with Gasteiger partial charge in [-0.15, -0.1) is 0 Å². The number of anilines is 1. The van der Waals surface area contributed by atoms with Gasteiger partial charge in [-0.05, 0) is 0 Å². The molecule has 0 aliphatic carbocycles. The zero-order valence-electron chi connectivity index (χ0n) is 7.94. The van der Waals surface area contributed by atoms with Crippen molar-refractivity contribution in [3.05, 3.63) is 24.0 Å². The third-order valence-electron chi connectivity index (χ3n) is 1.86. The number of pyridine rings is 1. The molecule has 13 heavy (non-hydrogen) atoms. The van der Waals surface area contributed by atoms with Gasteiger partial charge in [0.05, 0.1) is 0 Å². The average molecular weight is 180 g/mol. The largest absolute Gasteiger partial charge is 0.539 e. The molecule has 0 fully saturated rings. The van der Waals surface area contributed by atoms with E-state index in [1.165, 1.54) is 4.57 Å². The number of aromatic carboxylic acids is 1. The van der Waals surface area contributed by atoms with Crippen LogP contribution in [0.15, 0.2) is 18.3 Å². The molecule has 70 valence electrons. The Morgan fingerprint density at radius 2 is 2.15 bits per heavy atom. The van der Waals surface area contributed by atoms with Crippen LogP contribution in [-0.2, 0) is 7.05 Å². The predicted octanol–water partition coefficient (Wildman–Crippen LogP) is -1.06. The Hall–Kier alpha value is -1.58. The first-order valence-electron chi connectivity index (χ1n) is 3.90. The van der Waals surface area contributed by atoms with Crippen molar-refractivity contribution in [1.29, 1.82) is 0 Å². The van der Waals surface area contributed by atoms with E-state index in [4.69, 9.17) is 0 Å². The minimum absolute atomic E-state index is 0.172. The maximum absolute atomic E-state index is 10.6. The summed E-state index contributed by atoms with van der Waals surface area (Å²) in [6.07, 6.45) is 1.69. The second kappa shape index (κ2) is 3.43. The molecule has 0 unspecified atom stereocenters. The van der Waals surface area contributed by atoms with Gasteiger partial charge in [0.25, 0.3) is 0 Å². The molecule has 0 spiro atoms. The summed E-state index contributed by atoms with van der Waals surface area (Å²) in [6.45, 7) is 0. The van der Waals surface area contributed by atoms with Crippen molar-refractivity contribution in [3.63, 3.8) is 0 Å². The van der Waals surface area contributed by atoms with Crippen molar-refractivity contribution in [2.75, 3.05) is 19.0 Å². The summed E-state index contributed by atoms with van der Waals surface area (Å²) in [5.74, 6) is -1.16. The van der Waals surface area contributed by atoms with Gasteiger partial charge in [-0.25, -0.2) is 0 Å². The summed E-state index contributed by atoms with van der Waals surface area (Å²) in [4.78, 5) is 12.5. The van der Waals surface area contributed by atoms with Crippen LogP contribution in [0, 0.1) is 0 Å². The summed E-state index contributed by atoms with van der Waals surface area (Å²) in [6, 6.07) is 3.42. The van der Waals surface area contributed by atoms with Crippen molar-refractivity contribution < 1.29 is 14.5 Å². The number of carboxylic acid groups (broad SMARTS) is 1. The van der Waals surface area contributed by atoms with Crippen LogP contribution >= 0.6 is 0 Å². The monoisotopic (exact) mass is 180 g/mol. The first-order valence-corrected chi connectivity index (χ1v) is 3.90. The van der Waals surface area contributed by atoms with E-state index in [9.17, 15) is 9.90 Å². The van der Waals surface area contributed by atoms with Gasteiger partial charge < -0.3 is 14.8 Å². The number of carbonyl (C=O) groups is 1. The highest BCUT2D eigenvalue weighted by molar-refractivity contribution is 5.82.